The fourth-order valence-corrected chi connectivity index (χ4v) is 3.70. The molecule has 1 aromatic heterocycles. The number of para-hydroxylation sites is 1. The van der Waals surface area contributed by atoms with Gasteiger partial charge in [0, 0.05) is 29.4 Å². The summed E-state index contributed by atoms with van der Waals surface area (Å²) in [7, 11) is 0. The van der Waals surface area contributed by atoms with Crippen LogP contribution in [0.4, 0.5) is 0 Å². The number of rotatable bonds is 6. The van der Waals surface area contributed by atoms with Crippen molar-refractivity contribution in [1.29, 1.82) is 5.41 Å². The molecular weight excluding hydrogens is 390 g/mol. The molecule has 7 nitrogen and oxygen atoms in total. The van der Waals surface area contributed by atoms with Crippen LogP contribution < -0.4 is 10.5 Å². The maximum Gasteiger partial charge on any atom is 0.340 e. The Morgan fingerprint density at radius 3 is 2.52 bits per heavy atom. The number of amidine groups is 1. The molecule has 0 amide bonds. The van der Waals surface area contributed by atoms with E-state index < -0.39 is 11.9 Å². The Morgan fingerprint density at radius 2 is 1.90 bits per heavy atom. The highest BCUT2D eigenvalue weighted by molar-refractivity contribution is 8.13. The van der Waals surface area contributed by atoms with Gasteiger partial charge in [-0.1, -0.05) is 30.0 Å². The molecule has 0 radical (unpaired) electrons. The summed E-state index contributed by atoms with van der Waals surface area (Å²) in [4.78, 5) is 24.2. The van der Waals surface area contributed by atoms with Gasteiger partial charge in [-0.3, -0.25) is 10.2 Å². The number of esters is 2. The van der Waals surface area contributed by atoms with Gasteiger partial charge in [0.2, 0.25) is 0 Å². The van der Waals surface area contributed by atoms with Crippen molar-refractivity contribution in [2.24, 2.45) is 5.73 Å². The molecule has 0 fully saturated rings. The molecule has 150 valence electrons. The summed E-state index contributed by atoms with van der Waals surface area (Å²) in [5.41, 5.74) is 8.19. The molecule has 0 aliphatic rings. The van der Waals surface area contributed by atoms with E-state index >= 15 is 0 Å². The summed E-state index contributed by atoms with van der Waals surface area (Å²) in [6, 6.07) is 14.7. The minimum Gasteiger partial charge on any atom is -0.462 e. The number of ether oxygens (including phenoxy) is 2. The number of benzene rings is 2. The minimum absolute atomic E-state index is 0.0507. The van der Waals surface area contributed by atoms with E-state index in [4.69, 9.17) is 20.6 Å². The van der Waals surface area contributed by atoms with Crippen LogP contribution in [0.1, 0.15) is 29.9 Å². The molecular formula is C21H21N3O4S. The first-order chi connectivity index (χ1) is 13.9. The average molecular weight is 411 g/mol. The summed E-state index contributed by atoms with van der Waals surface area (Å²) >= 11 is 1.12. The highest BCUT2D eigenvalue weighted by atomic mass is 32.2. The summed E-state index contributed by atoms with van der Waals surface area (Å²) < 4.78 is 12.4. The van der Waals surface area contributed by atoms with Gasteiger partial charge in [0.15, 0.2) is 5.17 Å². The number of hydrogen-bond donors (Lipinski definition) is 2. The van der Waals surface area contributed by atoms with Gasteiger partial charge in [0.1, 0.15) is 5.75 Å². The smallest absolute Gasteiger partial charge is 0.340 e. The molecule has 0 spiro atoms. The summed E-state index contributed by atoms with van der Waals surface area (Å²) in [5, 5.41) is 8.13. The van der Waals surface area contributed by atoms with E-state index in [0.29, 0.717) is 28.1 Å². The van der Waals surface area contributed by atoms with Crippen LogP contribution in [-0.2, 0) is 15.3 Å². The zero-order chi connectivity index (χ0) is 21.0. The number of carbonyl (C=O) groups is 2. The fraction of sp³-hybridized carbons (Fsp3) is 0.190. The molecule has 0 aliphatic carbocycles. The minimum atomic E-state index is -0.480. The summed E-state index contributed by atoms with van der Waals surface area (Å²) in [5.74, 6) is -0.287. The largest absolute Gasteiger partial charge is 0.462 e. The third kappa shape index (κ3) is 4.43. The Bertz CT molecular complexity index is 1080. The molecule has 1 heterocycles. The Kier molecular flexibility index (Phi) is 6.23. The van der Waals surface area contributed by atoms with Gasteiger partial charge in [-0.2, -0.15) is 0 Å². The maximum absolute atomic E-state index is 12.9. The van der Waals surface area contributed by atoms with Crippen molar-refractivity contribution in [3.63, 3.8) is 0 Å². The van der Waals surface area contributed by atoms with Gasteiger partial charge >= 0.3 is 11.9 Å². The van der Waals surface area contributed by atoms with Crippen LogP contribution >= 0.6 is 11.8 Å². The van der Waals surface area contributed by atoms with Gasteiger partial charge in [-0.05, 0) is 37.3 Å². The molecule has 29 heavy (non-hydrogen) atoms. The Balaban J connectivity index is 2.32. The number of aromatic nitrogens is 1. The molecule has 0 bridgehead atoms. The first-order valence-electron chi connectivity index (χ1n) is 8.97. The number of fused-ring (bicyclic) bond motifs is 1. The second kappa shape index (κ2) is 8.83. The molecule has 0 atom stereocenters. The van der Waals surface area contributed by atoms with Crippen LogP contribution in [-0.4, -0.2) is 28.3 Å². The van der Waals surface area contributed by atoms with Gasteiger partial charge in [-0.25, -0.2) is 4.79 Å². The number of nitrogens with two attached hydrogens (primary N) is 1. The van der Waals surface area contributed by atoms with Crippen LogP contribution in [0.15, 0.2) is 48.5 Å². The Morgan fingerprint density at radius 1 is 1.17 bits per heavy atom. The van der Waals surface area contributed by atoms with Gasteiger partial charge < -0.3 is 19.8 Å². The van der Waals surface area contributed by atoms with E-state index in [1.54, 1.807) is 25.1 Å². The van der Waals surface area contributed by atoms with E-state index in [-0.39, 0.29) is 11.8 Å². The third-order valence-electron chi connectivity index (χ3n) is 4.16. The zero-order valence-electron chi connectivity index (χ0n) is 16.1. The van der Waals surface area contributed by atoms with E-state index in [9.17, 15) is 9.59 Å². The van der Waals surface area contributed by atoms with Crippen molar-refractivity contribution in [2.45, 2.75) is 19.6 Å². The van der Waals surface area contributed by atoms with Crippen LogP contribution in [0.3, 0.4) is 0 Å². The molecule has 3 rings (SSSR count). The first kappa shape index (κ1) is 20.5. The first-order valence-corrected chi connectivity index (χ1v) is 9.96. The van der Waals surface area contributed by atoms with E-state index in [0.717, 1.165) is 23.0 Å². The van der Waals surface area contributed by atoms with Crippen molar-refractivity contribution in [3.05, 3.63) is 59.8 Å². The lowest BCUT2D eigenvalue weighted by Crippen LogP contribution is -2.11. The second-order valence-electron chi connectivity index (χ2n) is 6.14. The van der Waals surface area contributed by atoms with Crippen LogP contribution in [0.5, 0.6) is 5.75 Å². The topological polar surface area (TPSA) is 107 Å². The molecule has 0 aliphatic heterocycles. The molecule has 3 aromatic rings. The van der Waals surface area contributed by atoms with E-state index in [1.807, 2.05) is 34.9 Å². The van der Waals surface area contributed by atoms with Crippen molar-refractivity contribution in [2.75, 3.05) is 6.61 Å². The van der Waals surface area contributed by atoms with Gasteiger partial charge in [0.25, 0.3) is 0 Å². The van der Waals surface area contributed by atoms with Crippen LogP contribution in [0.2, 0.25) is 0 Å². The molecule has 2 aromatic carbocycles. The molecule has 8 heteroatoms. The highest BCUT2D eigenvalue weighted by Gasteiger charge is 2.25. The number of nitrogens with zero attached hydrogens (tertiary/aromatic N) is 1. The van der Waals surface area contributed by atoms with E-state index in [1.165, 1.54) is 6.92 Å². The zero-order valence-corrected chi connectivity index (χ0v) is 16.9. The monoisotopic (exact) mass is 411 g/mol. The lowest BCUT2D eigenvalue weighted by Gasteiger charge is -2.12. The normalized spacial score (nSPS) is 10.7. The predicted molar refractivity (Wildman–Crippen MR) is 114 cm³/mol. The summed E-state index contributed by atoms with van der Waals surface area (Å²) in [6.07, 6.45) is 0. The standard InChI is InChI=1S/C21H21N3O4S/c1-3-27-20(26)19-16-11-15(28-13(2)25)9-10-17(16)24(14-7-5-4-6-8-14)18(19)12-29-21(22)23/h4-11H,3,12H2,1-2H3,(H3,22,23). The fourth-order valence-electron chi connectivity index (χ4n) is 3.14. The third-order valence-corrected chi connectivity index (χ3v) is 4.89. The lowest BCUT2D eigenvalue weighted by atomic mass is 10.1. The SMILES string of the molecule is CCOC(=O)c1c(CSC(=N)N)n(-c2ccccc2)c2ccc(OC(C)=O)cc12. The van der Waals surface area contributed by atoms with Gasteiger partial charge in [-0.15, -0.1) is 0 Å². The predicted octanol–water partition coefficient (Wildman–Crippen LogP) is 3.86. The lowest BCUT2D eigenvalue weighted by molar-refractivity contribution is -0.131. The molecule has 3 N–H and O–H groups in total. The Labute approximate surface area is 172 Å². The van der Waals surface area contributed by atoms with Crippen molar-refractivity contribution >= 4 is 39.8 Å². The van der Waals surface area contributed by atoms with Crippen LogP contribution in [0, 0.1) is 5.41 Å². The summed E-state index contributed by atoms with van der Waals surface area (Å²) in [6.45, 7) is 3.28. The van der Waals surface area contributed by atoms with Gasteiger partial charge in [0.05, 0.1) is 17.7 Å². The van der Waals surface area contributed by atoms with Crippen molar-refractivity contribution < 1.29 is 19.1 Å². The quantitative estimate of drug-likeness (QED) is 0.276. The van der Waals surface area contributed by atoms with Crippen molar-refractivity contribution in [3.8, 4) is 11.4 Å². The average Bonchev–Trinajstić information content (AvgIpc) is 3.00. The number of hydrogen-bond acceptors (Lipinski definition) is 6. The second-order valence-corrected chi connectivity index (χ2v) is 7.16. The van der Waals surface area contributed by atoms with Crippen molar-refractivity contribution in [1.82, 2.24) is 4.57 Å². The Hall–Kier alpha value is -3.26. The molecule has 0 unspecified atom stereocenters. The maximum atomic E-state index is 12.9. The molecule has 0 saturated heterocycles. The van der Waals surface area contributed by atoms with E-state index in [2.05, 4.69) is 0 Å². The number of thioether (sulfide) groups is 1. The highest BCUT2D eigenvalue weighted by Crippen LogP contribution is 2.35. The number of nitrogens with one attached hydrogen (secondary N) is 1. The van der Waals surface area contributed by atoms with Crippen LogP contribution in [0.25, 0.3) is 16.6 Å². The number of carbonyl (C=O) groups excluding carboxylic acids is 2. The molecule has 0 saturated carbocycles.